The molecule has 88 valence electrons. The van der Waals surface area contributed by atoms with Crippen molar-refractivity contribution in [2.24, 2.45) is 0 Å². The molecule has 0 aromatic heterocycles. The fourth-order valence-electron chi connectivity index (χ4n) is 1.04. The normalized spacial score (nSPS) is 13.5. The minimum atomic E-state index is -0.616. The molecule has 15 heavy (non-hydrogen) atoms. The fraction of sp³-hybridized carbons (Fsp3) is 0.727. The molecule has 0 amide bonds. The number of hydrogen-bond acceptors (Lipinski definition) is 4. The smallest absolute Gasteiger partial charge is 0.335 e. The van der Waals surface area contributed by atoms with Gasteiger partial charge in [-0.1, -0.05) is 0 Å². The van der Waals surface area contributed by atoms with E-state index in [0.717, 1.165) is 13.1 Å². The lowest BCUT2D eigenvalue weighted by molar-refractivity contribution is -0.141. The summed E-state index contributed by atoms with van der Waals surface area (Å²) in [6, 6.07) is 0. The molecule has 0 aliphatic rings. The molecule has 0 saturated carbocycles. The molecular weight excluding hydrogens is 194 g/mol. The van der Waals surface area contributed by atoms with Gasteiger partial charge in [0.2, 0.25) is 0 Å². The largest absolute Gasteiger partial charge is 0.460 e. The molecule has 1 N–H and O–H groups in total. The summed E-state index contributed by atoms with van der Waals surface area (Å²) < 4.78 is 4.87. The van der Waals surface area contributed by atoms with E-state index >= 15 is 0 Å². The molecule has 1 atom stereocenters. The minimum Gasteiger partial charge on any atom is -0.460 e. The number of aliphatic hydroxyl groups is 1. The first-order valence-electron chi connectivity index (χ1n) is 5.28. The van der Waals surface area contributed by atoms with Crippen LogP contribution in [-0.2, 0) is 9.53 Å². The van der Waals surface area contributed by atoms with E-state index in [4.69, 9.17) is 9.84 Å². The van der Waals surface area contributed by atoms with Gasteiger partial charge in [0.25, 0.3) is 0 Å². The number of carbonyl (C=O) groups excluding carboxylic acids is 1. The number of hydrogen-bond donors (Lipinski definition) is 1. The summed E-state index contributed by atoms with van der Waals surface area (Å²) >= 11 is 0. The van der Waals surface area contributed by atoms with Gasteiger partial charge < -0.3 is 14.7 Å². The van der Waals surface area contributed by atoms with Crippen LogP contribution >= 0.6 is 0 Å². The van der Waals surface area contributed by atoms with Gasteiger partial charge in [-0.05, 0) is 27.7 Å². The molecule has 0 fully saturated rings. The van der Waals surface area contributed by atoms with Crippen molar-refractivity contribution in [3.63, 3.8) is 0 Å². The topological polar surface area (TPSA) is 49.8 Å². The zero-order valence-electron chi connectivity index (χ0n) is 9.99. The highest BCUT2D eigenvalue weighted by Crippen LogP contribution is 2.01. The molecule has 0 radical (unpaired) electrons. The van der Waals surface area contributed by atoms with E-state index in [0.29, 0.717) is 5.57 Å². The molecule has 0 saturated heterocycles. The standard InChI is InChI=1S/C11H21NO3/c1-5-12(6-2)7-9(3)11(14)15-8-10(4)13/h7,10,13H,5-6,8H2,1-4H3/b9-7+. The van der Waals surface area contributed by atoms with E-state index in [1.165, 1.54) is 0 Å². The summed E-state index contributed by atoms with van der Waals surface area (Å²) in [7, 11) is 0. The van der Waals surface area contributed by atoms with E-state index in [1.54, 1.807) is 20.0 Å². The quantitative estimate of drug-likeness (QED) is 0.533. The predicted octanol–water partition coefficient (Wildman–Crippen LogP) is 1.16. The summed E-state index contributed by atoms with van der Waals surface area (Å²) in [6.07, 6.45) is 1.17. The molecule has 0 bridgehead atoms. The lowest BCUT2D eigenvalue weighted by Crippen LogP contribution is -2.20. The Kier molecular flexibility index (Phi) is 6.79. The van der Waals surface area contributed by atoms with Crippen molar-refractivity contribution in [1.29, 1.82) is 0 Å². The highest BCUT2D eigenvalue weighted by molar-refractivity contribution is 5.87. The molecule has 0 aromatic rings. The number of carbonyl (C=O) groups is 1. The maximum Gasteiger partial charge on any atom is 0.335 e. The van der Waals surface area contributed by atoms with Gasteiger partial charge in [0.15, 0.2) is 0 Å². The van der Waals surface area contributed by atoms with E-state index in [-0.39, 0.29) is 12.6 Å². The predicted molar refractivity (Wildman–Crippen MR) is 59.3 cm³/mol. The number of esters is 1. The van der Waals surface area contributed by atoms with Crippen LogP contribution in [0.2, 0.25) is 0 Å². The van der Waals surface area contributed by atoms with Gasteiger partial charge in [-0.25, -0.2) is 4.79 Å². The van der Waals surface area contributed by atoms with E-state index in [2.05, 4.69) is 0 Å². The summed E-state index contributed by atoms with van der Waals surface area (Å²) in [5, 5.41) is 8.95. The van der Waals surface area contributed by atoms with Crippen LogP contribution in [0.1, 0.15) is 27.7 Å². The molecule has 0 rings (SSSR count). The van der Waals surface area contributed by atoms with Gasteiger partial charge >= 0.3 is 5.97 Å². The first-order valence-corrected chi connectivity index (χ1v) is 5.28. The number of nitrogens with zero attached hydrogens (tertiary/aromatic N) is 1. The van der Waals surface area contributed by atoms with Crippen LogP contribution in [0, 0.1) is 0 Å². The van der Waals surface area contributed by atoms with E-state index in [9.17, 15) is 4.79 Å². The highest BCUT2D eigenvalue weighted by Gasteiger charge is 2.08. The molecule has 4 nitrogen and oxygen atoms in total. The SMILES string of the molecule is CCN(/C=C(\C)C(=O)OCC(C)O)CC. The average molecular weight is 215 g/mol. The third-order valence-corrected chi connectivity index (χ3v) is 1.97. The van der Waals surface area contributed by atoms with Crippen LogP contribution in [-0.4, -0.2) is 41.8 Å². The Labute approximate surface area is 91.5 Å². The zero-order chi connectivity index (χ0) is 11.8. The second-order valence-electron chi connectivity index (χ2n) is 3.48. The Hall–Kier alpha value is -1.03. The first kappa shape index (κ1) is 14.0. The van der Waals surface area contributed by atoms with Gasteiger partial charge in [0.05, 0.1) is 6.10 Å². The van der Waals surface area contributed by atoms with Gasteiger partial charge in [0, 0.05) is 24.9 Å². The summed E-state index contributed by atoms with van der Waals surface area (Å²) in [5.74, 6) is -0.372. The van der Waals surface area contributed by atoms with Crippen molar-refractivity contribution in [1.82, 2.24) is 4.90 Å². The van der Waals surface area contributed by atoms with Crippen LogP contribution in [0.5, 0.6) is 0 Å². The van der Waals surface area contributed by atoms with Crippen molar-refractivity contribution in [3.8, 4) is 0 Å². The van der Waals surface area contributed by atoms with Crippen LogP contribution in [0.25, 0.3) is 0 Å². The average Bonchev–Trinajstić information content (AvgIpc) is 2.21. The Balaban J connectivity index is 4.17. The molecule has 0 aromatic carbocycles. The van der Waals surface area contributed by atoms with Crippen molar-refractivity contribution >= 4 is 5.97 Å². The number of aliphatic hydroxyl groups excluding tert-OH is 1. The summed E-state index contributed by atoms with van der Waals surface area (Å²) in [4.78, 5) is 13.4. The van der Waals surface area contributed by atoms with Gasteiger partial charge in [-0.2, -0.15) is 0 Å². The van der Waals surface area contributed by atoms with Crippen molar-refractivity contribution < 1.29 is 14.6 Å². The minimum absolute atomic E-state index is 0.0439. The van der Waals surface area contributed by atoms with Gasteiger partial charge in [-0.3, -0.25) is 0 Å². The number of rotatable bonds is 6. The molecule has 4 heteroatoms. The second kappa shape index (κ2) is 7.29. The molecule has 0 aliphatic carbocycles. The Morgan fingerprint density at radius 2 is 2.00 bits per heavy atom. The van der Waals surface area contributed by atoms with Gasteiger partial charge in [-0.15, -0.1) is 0 Å². The third kappa shape index (κ3) is 6.12. The lowest BCUT2D eigenvalue weighted by atomic mass is 10.3. The third-order valence-electron chi connectivity index (χ3n) is 1.97. The second-order valence-corrected chi connectivity index (χ2v) is 3.48. The summed E-state index contributed by atoms with van der Waals surface area (Å²) in [6.45, 7) is 9.10. The fourth-order valence-corrected chi connectivity index (χ4v) is 1.04. The summed E-state index contributed by atoms with van der Waals surface area (Å²) in [5.41, 5.74) is 0.555. The molecular formula is C11H21NO3. The maximum atomic E-state index is 11.4. The molecule has 0 heterocycles. The van der Waals surface area contributed by atoms with Crippen molar-refractivity contribution in [3.05, 3.63) is 11.8 Å². The van der Waals surface area contributed by atoms with Crippen LogP contribution in [0.4, 0.5) is 0 Å². The van der Waals surface area contributed by atoms with Crippen molar-refractivity contribution in [2.75, 3.05) is 19.7 Å². The molecule has 0 aliphatic heterocycles. The first-order chi connectivity index (χ1) is 7.01. The van der Waals surface area contributed by atoms with Crippen LogP contribution in [0.15, 0.2) is 11.8 Å². The van der Waals surface area contributed by atoms with Gasteiger partial charge in [0.1, 0.15) is 6.61 Å². The highest BCUT2D eigenvalue weighted by atomic mass is 16.5. The monoisotopic (exact) mass is 215 g/mol. The van der Waals surface area contributed by atoms with E-state index in [1.807, 2.05) is 18.7 Å². The Bertz CT molecular complexity index is 220. The number of ether oxygens (including phenoxy) is 1. The molecule has 0 spiro atoms. The lowest BCUT2D eigenvalue weighted by Gasteiger charge is -2.16. The maximum absolute atomic E-state index is 11.4. The molecule has 1 unspecified atom stereocenters. The van der Waals surface area contributed by atoms with Crippen molar-refractivity contribution in [2.45, 2.75) is 33.8 Å². The Morgan fingerprint density at radius 1 is 1.47 bits per heavy atom. The van der Waals surface area contributed by atoms with Crippen LogP contribution < -0.4 is 0 Å². The Morgan fingerprint density at radius 3 is 2.40 bits per heavy atom. The van der Waals surface area contributed by atoms with E-state index < -0.39 is 6.10 Å². The van der Waals surface area contributed by atoms with Crippen LogP contribution in [0.3, 0.4) is 0 Å². The zero-order valence-corrected chi connectivity index (χ0v) is 9.99.